The van der Waals surface area contributed by atoms with Gasteiger partial charge in [0.2, 0.25) is 0 Å². The van der Waals surface area contributed by atoms with E-state index in [1.807, 2.05) is 19.2 Å². The molecular weight excluding hydrogens is 236 g/mol. The Labute approximate surface area is 115 Å². The van der Waals surface area contributed by atoms with Crippen molar-refractivity contribution >= 4 is 5.82 Å². The summed E-state index contributed by atoms with van der Waals surface area (Å²) in [6.07, 6.45) is 6.30. The molecule has 1 atom stereocenters. The first-order chi connectivity index (χ1) is 9.29. The van der Waals surface area contributed by atoms with E-state index in [2.05, 4.69) is 27.3 Å². The van der Waals surface area contributed by atoms with E-state index in [1.54, 1.807) is 0 Å². The van der Waals surface area contributed by atoms with E-state index in [-0.39, 0.29) is 6.04 Å². The lowest BCUT2D eigenvalue weighted by molar-refractivity contribution is 0.555. The van der Waals surface area contributed by atoms with Gasteiger partial charge in [0.1, 0.15) is 5.82 Å². The number of piperidine rings is 1. The van der Waals surface area contributed by atoms with Gasteiger partial charge in [0.25, 0.3) is 0 Å². The van der Waals surface area contributed by atoms with E-state index in [4.69, 9.17) is 5.26 Å². The quantitative estimate of drug-likeness (QED) is 0.881. The molecule has 2 rings (SSSR count). The number of pyridine rings is 1. The second-order valence-corrected chi connectivity index (χ2v) is 5.21. The highest BCUT2D eigenvalue weighted by Crippen LogP contribution is 2.18. The lowest BCUT2D eigenvalue weighted by Gasteiger charge is -2.28. The van der Waals surface area contributed by atoms with Gasteiger partial charge in [0, 0.05) is 31.9 Å². The molecule has 2 heterocycles. The van der Waals surface area contributed by atoms with Crippen molar-refractivity contribution in [3.8, 4) is 6.07 Å². The zero-order valence-corrected chi connectivity index (χ0v) is 11.6. The molecule has 0 spiro atoms. The molecule has 1 N–H and O–H groups in total. The molecule has 0 bridgehead atoms. The van der Waals surface area contributed by atoms with Crippen LogP contribution in [0.2, 0.25) is 0 Å². The number of nitriles is 1. The fraction of sp³-hybridized carbons (Fsp3) is 0.600. The molecule has 102 valence electrons. The molecular formula is C15H22N4. The molecule has 0 saturated carbocycles. The minimum Gasteiger partial charge on any atom is -0.357 e. The van der Waals surface area contributed by atoms with Crippen LogP contribution >= 0.6 is 0 Å². The maximum absolute atomic E-state index is 8.64. The van der Waals surface area contributed by atoms with Crippen LogP contribution in [-0.2, 0) is 6.54 Å². The summed E-state index contributed by atoms with van der Waals surface area (Å²) < 4.78 is 0. The summed E-state index contributed by atoms with van der Waals surface area (Å²) in [5.74, 6) is 1.09. The third-order valence-corrected chi connectivity index (χ3v) is 3.54. The minimum absolute atomic E-state index is 0.233. The van der Waals surface area contributed by atoms with Crippen LogP contribution in [0.3, 0.4) is 0 Å². The van der Waals surface area contributed by atoms with E-state index in [9.17, 15) is 0 Å². The SMILES string of the molecule is C[C@@H](CC#N)NCc1ccnc(N2CCCCC2)c1. The Kier molecular flexibility index (Phi) is 5.17. The third kappa shape index (κ3) is 4.22. The van der Waals surface area contributed by atoms with Gasteiger partial charge in [-0.1, -0.05) is 0 Å². The average molecular weight is 258 g/mol. The molecule has 0 aromatic carbocycles. The topological polar surface area (TPSA) is 52.0 Å². The lowest BCUT2D eigenvalue weighted by atomic mass is 10.1. The van der Waals surface area contributed by atoms with Gasteiger partial charge in [0.05, 0.1) is 12.5 Å². The van der Waals surface area contributed by atoms with Crippen LogP contribution in [0.5, 0.6) is 0 Å². The number of hydrogen-bond donors (Lipinski definition) is 1. The molecule has 0 unspecified atom stereocenters. The Morgan fingerprint density at radius 3 is 2.95 bits per heavy atom. The number of rotatable bonds is 5. The summed E-state index contributed by atoms with van der Waals surface area (Å²) in [5.41, 5.74) is 1.24. The summed E-state index contributed by atoms with van der Waals surface area (Å²) in [5, 5.41) is 12.0. The van der Waals surface area contributed by atoms with Crippen molar-refractivity contribution in [2.24, 2.45) is 0 Å². The predicted molar refractivity (Wildman–Crippen MR) is 76.8 cm³/mol. The van der Waals surface area contributed by atoms with Gasteiger partial charge in [-0.05, 0) is 43.9 Å². The largest absolute Gasteiger partial charge is 0.357 e. The Morgan fingerprint density at radius 1 is 1.42 bits per heavy atom. The molecule has 0 amide bonds. The maximum atomic E-state index is 8.64. The van der Waals surface area contributed by atoms with Crippen LogP contribution in [0.4, 0.5) is 5.82 Å². The highest BCUT2D eigenvalue weighted by atomic mass is 15.2. The van der Waals surface area contributed by atoms with Gasteiger partial charge in [-0.15, -0.1) is 0 Å². The van der Waals surface area contributed by atoms with Crippen LogP contribution < -0.4 is 10.2 Å². The molecule has 1 saturated heterocycles. The van der Waals surface area contributed by atoms with E-state index >= 15 is 0 Å². The fourth-order valence-corrected chi connectivity index (χ4v) is 2.37. The van der Waals surface area contributed by atoms with Crippen molar-refractivity contribution in [3.63, 3.8) is 0 Å². The average Bonchev–Trinajstić information content (AvgIpc) is 2.47. The van der Waals surface area contributed by atoms with Crippen molar-refractivity contribution in [2.45, 2.75) is 45.2 Å². The van der Waals surface area contributed by atoms with Crippen molar-refractivity contribution in [1.82, 2.24) is 10.3 Å². The van der Waals surface area contributed by atoms with Crippen LogP contribution in [0.1, 0.15) is 38.2 Å². The molecule has 0 radical (unpaired) electrons. The number of nitrogens with one attached hydrogen (secondary N) is 1. The van der Waals surface area contributed by atoms with Crippen molar-refractivity contribution in [2.75, 3.05) is 18.0 Å². The summed E-state index contributed by atoms with van der Waals surface area (Å²) in [4.78, 5) is 6.84. The van der Waals surface area contributed by atoms with E-state index in [0.717, 1.165) is 25.5 Å². The Bertz CT molecular complexity index is 432. The first-order valence-electron chi connectivity index (χ1n) is 7.10. The predicted octanol–water partition coefficient (Wildman–Crippen LogP) is 2.46. The normalized spacial score (nSPS) is 16.9. The Balaban J connectivity index is 1.93. The monoisotopic (exact) mass is 258 g/mol. The van der Waals surface area contributed by atoms with Crippen LogP contribution in [0.25, 0.3) is 0 Å². The molecule has 1 aliphatic heterocycles. The lowest BCUT2D eigenvalue weighted by Crippen LogP contribution is -2.30. The van der Waals surface area contributed by atoms with Crippen molar-refractivity contribution in [3.05, 3.63) is 23.9 Å². The van der Waals surface area contributed by atoms with Crippen LogP contribution in [0, 0.1) is 11.3 Å². The third-order valence-electron chi connectivity index (χ3n) is 3.54. The summed E-state index contributed by atoms with van der Waals surface area (Å²) >= 11 is 0. The molecule has 4 heteroatoms. The highest BCUT2D eigenvalue weighted by molar-refractivity contribution is 5.41. The zero-order valence-electron chi connectivity index (χ0n) is 11.6. The van der Waals surface area contributed by atoms with Gasteiger partial charge in [-0.25, -0.2) is 4.98 Å². The summed E-state index contributed by atoms with van der Waals surface area (Å²) in [6.45, 7) is 5.07. The number of aromatic nitrogens is 1. The van der Waals surface area contributed by atoms with E-state index in [0.29, 0.717) is 6.42 Å². The molecule has 4 nitrogen and oxygen atoms in total. The van der Waals surface area contributed by atoms with Crippen molar-refractivity contribution < 1.29 is 0 Å². The molecule has 1 fully saturated rings. The molecule has 19 heavy (non-hydrogen) atoms. The number of hydrogen-bond acceptors (Lipinski definition) is 4. The van der Waals surface area contributed by atoms with Gasteiger partial charge < -0.3 is 10.2 Å². The minimum atomic E-state index is 0.233. The van der Waals surface area contributed by atoms with E-state index < -0.39 is 0 Å². The zero-order chi connectivity index (χ0) is 13.5. The van der Waals surface area contributed by atoms with Gasteiger partial charge in [0.15, 0.2) is 0 Å². The highest BCUT2D eigenvalue weighted by Gasteiger charge is 2.12. The summed E-state index contributed by atoms with van der Waals surface area (Å²) in [6, 6.07) is 6.62. The molecule has 1 aromatic heterocycles. The first-order valence-corrected chi connectivity index (χ1v) is 7.10. The fourth-order valence-electron chi connectivity index (χ4n) is 2.37. The van der Waals surface area contributed by atoms with Gasteiger partial charge in [-0.2, -0.15) is 5.26 Å². The Morgan fingerprint density at radius 2 is 2.21 bits per heavy atom. The van der Waals surface area contributed by atoms with Crippen LogP contribution in [0.15, 0.2) is 18.3 Å². The smallest absolute Gasteiger partial charge is 0.128 e. The van der Waals surface area contributed by atoms with Crippen LogP contribution in [-0.4, -0.2) is 24.1 Å². The van der Waals surface area contributed by atoms with Gasteiger partial charge >= 0.3 is 0 Å². The second-order valence-electron chi connectivity index (χ2n) is 5.21. The van der Waals surface area contributed by atoms with Gasteiger partial charge in [-0.3, -0.25) is 0 Å². The van der Waals surface area contributed by atoms with E-state index in [1.165, 1.54) is 24.8 Å². The first kappa shape index (κ1) is 13.8. The maximum Gasteiger partial charge on any atom is 0.128 e. The Hall–Kier alpha value is -1.60. The molecule has 0 aliphatic carbocycles. The number of nitrogens with zero attached hydrogens (tertiary/aromatic N) is 3. The second kappa shape index (κ2) is 7.10. The molecule has 1 aliphatic rings. The standard InChI is InChI=1S/C15H22N4/c1-13(5-7-16)18-12-14-6-8-17-15(11-14)19-9-3-2-4-10-19/h6,8,11,13,18H,2-5,9-10,12H2,1H3/t13-/m0/s1. The summed E-state index contributed by atoms with van der Waals surface area (Å²) in [7, 11) is 0. The number of anilines is 1. The van der Waals surface area contributed by atoms with Crippen molar-refractivity contribution in [1.29, 1.82) is 5.26 Å². The molecule has 1 aromatic rings.